The molecule has 2 aromatic heterocycles. The van der Waals surface area contributed by atoms with Crippen molar-refractivity contribution in [2.45, 2.75) is 26.4 Å². The lowest BCUT2D eigenvalue weighted by Gasteiger charge is -2.01. The highest BCUT2D eigenvalue weighted by atomic mass is 79.9. The Labute approximate surface area is 168 Å². The van der Waals surface area contributed by atoms with Crippen molar-refractivity contribution in [2.75, 3.05) is 6.61 Å². The lowest BCUT2D eigenvalue weighted by atomic mass is 10.2. The van der Waals surface area contributed by atoms with E-state index in [1.807, 2.05) is 41.5 Å². The minimum atomic E-state index is -0.290. The van der Waals surface area contributed by atoms with Crippen molar-refractivity contribution < 1.29 is 57.8 Å². The predicted molar refractivity (Wildman–Crippen MR) is 83.2 cm³/mol. The summed E-state index contributed by atoms with van der Waals surface area (Å²) in [5, 5.41) is 11.5. The van der Waals surface area contributed by atoms with E-state index in [0.717, 1.165) is 25.1 Å². The molecule has 0 amide bonds. The number of carbonyl (C=O) groups is 1. The second kappa shape index (κ2) is 12.5. The Morgan fingerprint density at radius 3 is 2.08 bits per heavy atom. The third kappa shape index (κ3) is 7.74. The smallest absolute Gasteiger partial charge is 0.338 e. The number of aryl methyl sites for hydroxylation is 2. The maximum atomic E-state index is 11.6. The number of ether oxygens (including phenoxy) is 1. The molecular formula is C17H21Br2N3O3. The van der Waals surface area contributed by atoms with Crippen molar-refractivity contribution in [1.82, 2.24) is 0 Å². The third-order valence-corrected chi connectivity index (χ3v) is 3.36. The molecule has 6 nitrogen and oxygen atoms in total. The predicted octanol–water partition coefficient (Wildman–Crippen LogP) is -4.66. The average molecular weight is 475 g/mol. The lowest BCUT2D eigenvalue weighted by molar-refractivity contribution is -0.726. The number of halogens is 2. The van der Waals surface area contributed by atoms with Gasteiger partial charge in [-0.3, -0.25) is 0 Å². The molecule has 8 heteroatoms. The zero-order valence-electron chi connectivity index (χ0n) is 13.9. The molecule has 136 valence electrons. The normalized spacial score (nSPS) is 9.96. The van der Waals surface area contributed by atoms with Gasteiger partial charge in [-0.2, -0.15) is 0 Å². The number of esters is 1. The molecule has 2 rings (SSSR count). The number of hydrogen-bond donors (Lipinski definition) is 1. The number of oxime groups is 1. The van der Waals surface area contributed by atoms with Gasteiger partial charge < -0.3 is 43.9 Å². The van der Waals surface area contributed by atoms with E-state index in [-0.39, 0.29) is 39.9 Å². The molecule has 0 aliphatic heterocycles. The van der Waals surface area contributed by atoms with Gasteiger partial charge in [0, 0.05) is 29.8 Å². The number of carbonyl (C=O) groups excluding carboxylic acids is 1. The topological polar surface area (TPSA) is 66.7 Å². The molecule has 1 N–H and O–H groups in total. The molecule has 0 saturated heterocycles. The first-order chi connectivity index (χ1) is 11.2. The van der Waals surface area contributed by atoms with Crippen molar-refractivity contribution >= 4 is 12.2 Å². The van der Waals surface area contributed by atoms with Crippen LogP contribution in [0, 0.1) is 0 Å². The molecule has 0 aromatic carbocycles. The SMILES string of the molecule is CCOC(=O)c1cc[n+](CCC[n+]2ccc(/C=N/O)cc2)cc1.[Br-].[Br-]. The van der Waals surface area contributed by atoms with Gasteiger partial charge in [0.05, 0.1) is 24.8 Å². The molecule has 0 spiro atoms. The van der Waals surface area contributed by atoms with E-state index in [9.17, 15) is 4.79 Å². The Kier molecular flexibility index (Phi) is 11.6. The van der Waals surface area contributed by atoms with Crippen LogP contribution in [0.3, 0.4) is 0 Å². The Balaban J connectivity index is 0.00000288. The van der Waals surface area contributed by atoms with Crippen LogP contribution in [-0.4, -0.2) is 24.0 Å². The Bertz CT molecular complexity index is 662. The highest BCUT2D eigenvalue weighted by Crippen LogP contribution is 1.98. The summed E-state index contributed by atoms with van der Waals surface area (Å²) in [5.74, 6) is -0.290. The molecule has 2 aromatic rings. The molecule has 0 bridgehead atoms. The third-order valence-electron chi connectivity index (χ3n) is 3.36. The highest BCUT2D eigenvalue weighted by Gasteiger charge is 2.09. The van der Waals surface area contributed by atoms with E-state index in [4.69, 9.17) is 9.94 Å². The Morgan fingerprint density at radius 2 is 1.60 bits per heavy atom. The van der Waals surface area contributed by atoms with Crippen LogP contribution in [0.4, 0.5) is 0 Å². The van der Waals surface area contributed by atoms with Gasteiger partial charge in [0.25, 0.3) is 0 Å². The van der Waals surface area contributed by atoms with Crippen molar-refractivity contribution in [1.29, 1.82) is 0 Å². The lowest BCUT2D eigenvalue weighted by Crippen LogP contribution is -3.00. The maximum absolute atomic E-state index is 11.6. The van der Waals surface area contributed by atoms with Crippen molar-refractivity contribution in [3.8, 4) is 0 Å². The Hall–Kier alpha value is -1.80. The minimum absolute atomic E-state index is 0. The number of rotatable bonds is 7. The molecule has 0 atom stereocenters. The summed E-state index contributed by atoms with van der Waals surface area (Å²) in [5.41, 5.74) is 1.42. The van der Waals surface area contributed by atoms with Crippen molar-refractivity contribution in [2.24, 2.45) is 5.16 Å². The number of aromatic nitrogens is 2. The summed E-state index contributed by atoms with van der Waals surface area (Å²) in [4.78, 5) is 11.6. The fourth-order valence-corrected chi connectivity index (χ4v) is 2.16. The van der Waals surface area contributed by atoms with Crippen LogP contribution in [0.1, 0.15) is 29.3 Å². The molecule has 0 aliphatic rings. The molecular weight excluding hydrogens is 454 g/mol. The van der Waals surface area contributed by atoms with E-state index < -0.39 is 0 Å². The van der Waals surface area contributed by atoms with E-state index in [1.54, 1.807) is 19.1 Å². The van der Waals surface area contributed by atoms with Gasteiger partial charge in [0.2, 0.25) is 0 Å². The fraction of sp³-hybridized carbons (Fsp3) is 0.294. The molecule has 0 fully saturated rings. The quantitative estimate of drug-likeness (QED) is 0.144. The zero-order chi connectivity index (χ0) is 16.5. The van der Waals surface area contributed by atoms with Crippen LogP contribution in [-0.2, 0) is 17.8 Å². The van der Waals surface area contributed by atoms with Crippen LogP contribution in [0.25, 0.3) is 0 Å². The second-order valence-electron chi connectivity index (χ2n) is 5.01. The summed E-state index contributed by atoms with van der Waals surface area (Å²) in [6.45, 7) is 3.91. The van der Waals surface area contributed by atoms with E-state index >= 15 is 0 Å². The number of pyridine rings is 2. The average Bonchev–Trinajstić information content (AvgIpc) is 2.57. The first-order valence-electron chi connectivity index (χ1n) is 7.55. The minimum Gasteiger partial charge on any atom is -1.00 e. The summed E-state index contributed by atoms with van der Waals surface area (Å²) in [7, 11) is 0. The van der Waals surface area contributed by atoms with Gasteiger partial charge in [0.1, 0.15) is 0 Å². The van der Waals surface area contributed by atoms with E-state index in [1.165, 1.54) is 6.21 Å². The summed E-state index contributed by atoms with van der Waals surface area (Å²) in [6.07, 6.45) is 10.0. The standard InChI is InChI=1S/C17H20N3O3.2BrH/c1-2-23-17(21)16-6-12-20(13-7-16)9-3-8-19-10-4-15(5-11-19)14-18-22;;/h4-7,10-14H,2-3,8-9H2,1H3;2*1H/q+1;;/p-1. The van der Waals surface area contributed by atoms with Crippen LogP contribution in [0.2, 0.25) is 0 Å². The van der Waals surface area contributed by atoms with Gasteiger partial charge in [0.15, 0.2) is 37.9 Å². The molecule has 0 aliphatic carbocycles. The van der Waals surface area contributed by atoms with Crippen LogP contribution in [0.5, 0.6) is 0 Å². The monoisotopic (exact) mass is 473 g/mol. The van der Waals surface area contributed by atoms with Crippen molar-refractivity contribution in [3.63, 3.8) is 0 Å². The molecule has 0 radical (unpaired) electrons. The van der Waals surface area contributed by atoms with Gasteiger partial charge in [-0.15, -0.1) is 0 Å². The molecule has 25 heavy (non-hydrogen) atoms. The number of hydrogen-bond acceptors (Lipinski definition) is 4. The molecule has 2 heterocycles. The van der Waals surface area contributed by atoms with Gasteiger partial charge >= 0.3 is 5.97 Å². The van der Waals surface area contributed by atoms with Gasteiger partial charge in [-0.05, 0) is 6.92 Å². The first-order valence-corrected chi connectivity index (χ1v) is 7.55. The van der Waals surface area contributed by atoms with Gasteiger partial charge in [-0.1, -0.05) is 5.16 Å². The summed E-state index contributed by atoms with van der Waals surface area (Å²) in [6, 6.07) is 7.32. The Morgan fingerprint density at radius 1 is 1.08 bits per heavy atom. The van der Waals surface area contributed by atoms with E-state index in [0.29, 0.717) is 12.2 Å². The van der Waals surface area contributed by atoms with E-state index in [2.05, 4.69) is 9.72 Å². The molecule has 0 saturated carbocycles. The van der Waals surface area contributed by atoms with Crippen molar-refractivity contribution in [3.05, 3.63) is 60.2 Å². The van der Waals surface area contributed by atoms with Crippen LogP contribution < -0.4 is 43.1 Å². The molecule has 0 unspecified atom stereocenters. The fourth-order valence-electron chi connectivity index (χ4n) is 2.16. The number of nitrogens with zero attached hydrogens (tertiary/aromatic N) is 3. The van der Waals surface area contributed by atoms with Gasteiger partial charge in [-0.25, -0.2) is 13.9 Å². The summed E-state index contributed by atoms with van der Waals surface area (Å²) < 4.78 is 9.07. The second-order valence-corrected chi connectivity index (χ2v) is 5.01. The largest absolute Gasteiger partial charge is 1.00 e. The maximum Gasteiger partial charge on any atom is 0.338 e. The first kappa shape index (κ1) is 23.2. The highest BCUT2D eigenvalue weighted by molar-refractivity contribution is 5.88. The van der Waals surface area contributed by atoms with Crippen LogP contribution >= 0.6 is 0 Å². The van der Waals surface area contributed by atoms with Crippen LogP contribution in [0.15, 0.2) is 54.2 Å². The summed E-state index contributed by atoms with van der Waals surface area (Å²) >= 11 is 0. The zero-order valence-corrected chi connectivity index (χ0v) is 17.1.